The van der Waals surface area contributed by atoms with Crippen molar-refractivity contribution in [2.45, 2.75) is 46.1 Å². The Morgan fingerprint density at radius 1 is 0.974 bits per heavy atom. The maximum Gasteiger partial charge on any atom is 0.312 e. The number of aromatic nitrogens is 2. The predicted molar refractivity (Wildman–Crippen MR) is 147 cm³/mol. The van der Waals surface area contributed by atoms with Gasteiger partial charge in [0.25, 0.3) is 5.91 Å². The molecule has 0 saturated heterocycles. The molecule has 0 spiro atoms. The largest absolute Gasteiger partial charge is 0.405 e. The van der Waals surface area contributed by atoms with Crippen molar-refractivity contribution in [2.24, 2.45) is 5.92 Å². The number of rotatable bonds is 9. The van der Waals surface area contributed by atoms with E-state index in [0.717, 1.165) is 12.0 Å². The quantitative estimate of drug-likeness (QED) is 0.228. The molecule has 1 aromatic heterocycles. The zero-order chi connectivity index (χ0) is 27.2. The molecule has 1 atom stereocenters. The van der Waals surface area contributed by atoms with Crippen molar-refractivity contribution in [3.05, 3.63) is 88.7 Å². The molecule has 0 aliphatic carbocycles. The van der Waals surface area contributed by atoms with E-state index in [1.807, 2.05) is 20.8 Å². The minimum atomic E-state index is -0.399. The molecule has 0 fully saturated rings. The van der Waals surface area contributed by atoms with Gasteiger partial charge in [-0.25, -0.2) is 14.4 Å². The summed E-state index contributed by atoms with van der Waals surface area (Å²) in [5.74, 6) is -0.894. The molecule has 0 radical (unpaired) electrons. The summed E-state index contributed by atoms with van der Waals surface area (Å²) < 4.78 is 19.0. The fourth-order valence-electron chi connectivity index (χ4n) is 4.06. The van der Waals surface area contributed by atoms with Crippen molar-refractivity contribution in [3.63, 3.8) is 0 Å². The van der Waals surface area contributed by atoms with Gasteiger partial charge < -0.3 is 10.1 Å². The van der Waals surface area contributed by atoms with Crippen LogP contribution in [0.2, 0.25) is 5.02 Å². The van der Waals surface area contributed by atoms with E-state index >= 15 is 0 Å². The number of unbranched alkanes of at least 4 members (excludes halogenated alkanes) is 1. The van der Waals surface area contributed by atoms with E-state index in [0.29, 0.717) is 39.3 Å². The van der Waals surface area contributed by atoms with Crippen LogP contribution in [0.15, 0.2) is 66.7 Å². The van der Waals surface area contributed by atoms with E-state index in [2.05, 4.69) is 10.3 Å². The maximum atomic E-state index is 13.4. The van der Waals surface area contributed by atoms with Crippen molar-refractivity contribution >= 4 is 34.5 Å². The number of carbonyl (C=O) groups excluding carboxylic acids is 2. The lowest BCUT2D eigenvalue weighted by Crippen LogP contribution is -2.31. The van der Waals surface area contributed by atoms with Crippen molar-refractivity contribution in [1.82, 2.24) is 15.3 Å². The Bertz CT molecular complexity index is 1440. The zero-order valence-corrected chi connectivity index (χ0v) is 22.3. The molecular weight excluding hydrogens is 505 g/mol. The molecule has 6 nitrogen and oxygen atoms in total. The van der Waals surface area contributed by atoms with Crippen LogP contribution in [0.5, 0.6) is 5.88 Å². The second kappa shape index (κ2) is 12.1. The van der Waals surface area contributed by atoms with Gasteiger partial charge in [-0.1, -0.05) is 63.1 Å². The molecule has 0 aliphatic heterocycles. The number of benzene rings is 3. The lowest BCUT2D eigenvalue weighted by Gasteiger charge is -2.23. The first-order valence-electron chi connectivity index (χ1n) is 12.6. The van der Waals surface area contributed by atoms with Gasteiger partial charge in [0, 0.05) is 22.6 Å². The van der Waals surface area contributed by atoms with E-state index in [1.165, 1.54) is 12.1 Å². The summed E-state index contributed by atoms with van der Waals surface area (Å²) in [7, 11) is 0. The van der Waals surface area contributed by atoms with Crippen molar-refractivity contribution in [3.8, 4) is 17.1 Å². The second-order valence-electron chi connectivity index (χ2n) is 9.41. The van der Waals surface area contributed by atoms with Gasteiger partial charge in [0.1, 0.15) is 11.5 Å². The molecule has 3 aromatic carbocycles. The van der Waals surface area contributed by atoms with Crippen molar-refractivity contribution in [2.75, 3.05) is 0 Å². The Labute approximate surface area is 226 Å². The number of fused-ring (bicyclic) bond motifs is 1. The van der Waals surface area contributed by atoms with E-state index < -0.39 is 5.97 Å². The second-order valence-corrected chi connectivity index (χ2v) is 9.85. The summed E-state index contributed by atoms with van der Waals surface area (Å²) >= 11 is 6.05. The van der Waals surface area contributed by atoms with Gasteiger partial charge in [0.05, 0.1) is 17.1 Å². The molecule has 1 N–H and O–H groups in total. The fourth-order valence-corrected chi connectivity index (χ4v) is 4.18. The Morgan fingerprint density at radius 3 is 2.34 bits per heavy atom. The van der Waals surface area contributed by atoms with Crippen LogP contribution in [0.1, 0.15) is 62.0 Å². The number of carbonyl (C=O) groups is 2. The maximum absolute atomic E-state index is 13.4. The number of amides is 1. The van der Waals surface area contributed by atoms with Crippen molar-refractivity contribution in [1.29, 1.82) is 0 Å². The first-order valence-corrected chi connectivity index (χ1v) is 13.0. The van der Waals surface area contributed by atoms with Crippen LogP contribution in [0, 0.1) is 11.7 Å². The van der Waals surface area contributed by atoms with Crippen LogP contribution in [0.4, 0.5) is 4.39 Å². The molecule has 4 aromatic rings. The minimum Gasteiger partial charge on any atom is -0.405 e. The van der Waals surface area contributed by atoms with Crippen molar-refractivity contribution < 1.29 is 18.7 Å². The van der Waals surface area contributed by atoms with Gasteiger partial charge in [0.2, 0.25) is 5.88 Å². The molecule has 1 unspecified atom stereocenters. The SMILES string of the molecule is CCCCC(=O)Oc1nc2cc(C(=O)NC(c3ccc(F)cc3)C(C)C)ccc2nc1-c1ccc(Cl)cc1. The number of nitrogens with one attached hydrogen (secondary N) is 1. The zero-order valence-electron chi connectivity index (χ0n) is 21.5. The summed E-state index contributed by atoms with van der Waals surface area (Å²) in [6, 6.07) is 17.8. The third-order valence-electron chi connectivity index (χ3n) is 6.14. The summed E-state index contributed by atoms with van der Waals surface area (Å²) in [4.78, 5) is 35.0. The first-order chi connectivity index (χ1) is 18.2. The van der Waals surface area contributed by atoms with Crippen LogP contribution in [0.3, 0.4) is 0 Å². The molecule has 0 bridgehead atoms. The fraction of sp³-hybridized carbons (Fsp3) is 0.267. The lowest BCUT2D eigenvalue weighted by atomic mass is 9.95. The lowest BCUT2D eigenvalue weighted by molar-refractivity contribution is -0.134. The standard InChI is InChI=1S/C30H29ClFN3O3/c1-4-5-6-26(36)38-30-28(20-7-12-22(31)13-8-20)33-24-16-11-21(17-25(24)34-30)29(37)35-27(18(2)3)19-9-14-23(32)15-10-19/h7-18,27H,4-6H2,1-3H3,(H,35,37). The number of hydrogen-bond donors (Lipinski definition) is 1. The van der Waals surface area contributed by atoms with Gasteiger partial charge in [0.15, 0.2) is 0 Å². The highest BCUT2D eigenvalue weighted by Crippen LogP contribution is 2.31. The van der Waals surface area contributed by atoms with Gasteiger partial charge in [-0.2, -0.15) is 0 Å². The van der Waals surface area contributed by atoms with E-state index in [9.17, 15) is 14.0 Å². The van der Waals surface area contributed by atoms with Crippen LogP contribution < -0.4 is 10.1 Å². The van der Waals surface area contributed by atoms with E-state index in [-0.39, 0.29) is 36.0 Å². The molecule has 1 heterocycles. The first kappa shape index (κ1) is 27.2. The van der Waals surface area contributed by atoms with Gasteiger partial charge >= 0.3 is 5.97 Å². The highest BCUT2D eigenvalue weighted by molar-refractivity contribution is 6.30. The molecule has 8 heteroatoms. The Balaban J connectivity index is 1.68. The average Bonchev–Trinajstić information content (AvgIpc) is 2.90. The molecule has 38 heavy (non-hydrogen) atoms. The van der Waals surface area contributed by atoms with Crippen LogP contribution >= 0.6 is 11.6 Å². The number of ether oxygens (including phenoxy) is 1. The predicted octanol–water partition coefficient (Wildman–Crippen LogP) is 7.31. The van der Waals surface area contributed by atoms with Gasteiger partial charge in [-0.3, -0.25) is 9.59 Å². The van der Waals surface area contributed by atoms with E-state index in [1.54, 1.807) is 54.6 Å². The highest BCUT2D eigenvalue weighted by Gasteiger charge is 2.21. The number of nitrogens with zero attached hydrogens (tertiary/aromatic N) is 2. The summed E-state index contributed by atoms with van der Waals surface area (Å²) in [6.45, 7) is 5.96. The Kier molecular flexibility index (Phi) is 8.69. The molecule has 1 amide bonds. The highest BCUT2D eigenvalue weighted by atomic mass is 35.5. The summed E-state index contributed by atoms with van der Waals surface area (Å²) in [5, 5.41) is 3.61. The van der Waals surface area contributed by atoms with Crippen LogP contribution in [-0.2, 0) is 4.79 Å². The van der Waals surface area contributed by atoms with E-state index in [4.69, 9.17) is 21.3 Å². The molecular formula is C30H29ClFN3O3. The minimum absolute atomic E-state index is 0.0701. The topological polar surface area (TPSA) is 81.2 Å². The molecule has 0 saturated carbocycles. The molecule has 196 valence electrons. The van der Waals surface area contributed by atoms with Crippen LogP contribution in [-0.4, -0.2) is 21.8 Å². The summed E-state index contributed by atoms with van der Waals surface area (Å²) in [5.41, 5.74) is 3.25. The third kappa shape index (κ3) is 6.53. The number of hydrogen-bond acceptors (Lipinski definition) is 5. The Morgan fingerprint density at radius 2 is 1.68 bits per heavy atom. The normalized spacial score (nSPS) is 11.9. The Hall–Kier alpha value is -3.84. The number of halogens is 2. The smallest absolute Gasteiger partial charge is 0.312 e. The average molecular weight is 534 g/mol. The number of esters is 1. The molecule has 4 rings (SSSR count). The monoisotopic (exact) mass is 533 g/mol. The van der Waals surface area contributed by atoms with Gasteiger partial charge in [-0.05, 0) is 60.4 Å². The van der Waals surface area contributed by atoms with Gasteiger partial charge in [-0.15, -0.1) is 0 Å². The molecule has 0 aliphatic rings. The van der Waals surface area contributed by atoms with Crippen LogP contribution in [0.25, 0.3) is 22.3 Å². The summed E-state index contributed by atoms with van der Waals surface area (Å²) in [6.07, 6.45) is 1.82. The third-order valence-corrected chi connectivity index (χ3v) is 6.39.